The highest BCUT2D eigenvalue weighted by Crippen LogP contribution is 2.31. The molecule has 3 heterocycles. The van der Waals surface area contributed by atoms with Gasteiger partial charge in [-0.25, -0.2) is 4.98 Å². The highest BCUT2D eigenvalue weighted by Gasteiger charge is 2.24. The molecule has 0 radical (unpaired) electrons. The van der Waals surface area contributed by atoms with E-state index in [2.05, 4.69) is 48.1 Å². The molecule has 3 N–H and O–H groups in total. The topological polar surface area (TPSA) is 139 Å². The minimum absolute atomic E-state index is 0.248. The van der Waals surface area contributed by atoms with Crippen molar-refractivity contribution in [2.75, 3.05) is 50.0 Å². The van der Waals surface area contributed by atoms with Crippen LogP contribution in [0.5, 0.6) is 0 Å². The first-order valence-corrected chi connectivity index (χ1v) is 11.9. The Kier molecular flexibility index (Phi) is 6.93. The Labute approximate surface area is 207 Å². The van der Waals surface area contributed by atoms with Crippen LogP contribution in [0.15, 0.2) is 18.3 Å². The number of halogens is 1. The van der Waals surface area contributed by atoms with E-state index in [1.807, 2.05) is 0 Å². The number of benzene rings is 1. The number of anilines is 3. The smallest absolute Gasteiger partial charge is 0.247 e. The zero-order chi connectivity index (χ0) is 24.2. The summed E-state index contributed by atoms with van der Waals surface area (Å²) in [5.74, 6) is 0.794. The van der Waals surface area contributed by atoms with Crippen LogP contribution in [-0.2, 0) is 11.3 Å². The van der Waals surface area contributed by atoms with Gasteiger partial charge in [0, 0.05) is 38.8 Å². The molecule has 1 saturated heterocycles. The Hall–Kier alpha value is -3.48. The standard InChI is InChI=1S/C23H25ClN10O/c24-20-16(13-27-3-4-33-5-7-35-8-6-33)9-15(11-25)10-19(20)30-23-31-21(29-17-1-2-17)22-28-14-18(12-26)34(22)32-23/h9-10,14,17,27H,1-8,13H2,(H2,29,30,31,32). The summed E-state index contributed by atoms with van der Waals surface area (Å²) < 4.78 is 6.84. The number of ether oxygens (including phenoxy) is 1. The first kappa shape index (κ1) is 23.3. The van der Waals surface area contributed by atoms with Crippen LogP contribution in [0.1, 0.15) is 29.7 Å². The molecule has 180 valence electrons. The minimum atomic E-state index is 0.248. The van der Waals surface area contributed by atoms with Gasteiger partial charge in [-0.05, 0) is 30.5 Å². The minimum Gasteiger partial charge on any atom is -0.379 e. The van der Waals surface area contributed by atoms with E-state index >= 15 is 0 Å². The number of nitriles is 2. The predicted molar refractivity (Wildman–Crippen MR) is 131 cm³/mol. The fraction of sp³-hybridized carbons (Fsp3) is 0.435. The number of hydrogen-bond donors (Lipinski definition) is 3. The Morgan fingerprint density at radius 1 is 1.17 bits per heavy atom. The van der Waals surface area contributed by atoms with Crippen molar-refractivity contribution in [3.05, 3.63) is 40.2 Å². The van der Waals surface area contributed by atoms with E-state index in [9.17, 15) is 10.5 Å². The predicted octanol–water partition coefficient (Wildman–Crippen LogP) is 2.26. The Morgan fingerprint density at radius 2 is 2.00 bits per heavy atom. The zero-order valence-electron chi connectivity index (χ0n) is 19.1. The number of nitrogens with one attached hydrogen (secondary N) is 3. The average Bonchev–Trinajstić information content (AvgIpc) is 3.60. The van der Waals surface area contributed by atoms with Crippen LogP contribution in [0.2, 0.25) is 5.02 Å². The van der Waals surface area contributed by atoms with Crippen molar-refractivity contribution >= 4 is 34.7 Å². The van der Waals surface area contributed by atoms with Crippen LogP contribution in [0.4, 0.5) is 17.5 Å². The third-order valence-electron chi connectivity index (χ3n) is 5.94. The molecule has 0 amide bonds. The summed E-state index contributed by atoms with van der Waals surface area (Å²) in [4.78, 5) is 11.2. The Morgan fingerprint density at radius 3 is 2.74 bits per heavy atom. The summed E-state index contributed by atoms with van der Waals surface area (Å²) in [6.07, 6.45) is 3.58. The molecule has 1 aliphatic carbocycles. The van der Waals surface area contributed by atoms with Gasteiger partial charge >= 0.3 is 0 Å². The molecular formula is C23H25ClN10O. The van der Waals surface area contributed by atoms with Gasteiger partial charge in [-0.1, -0.05) is 11.6 Å². The van der Waals surface area contributed by atoms with Crippen molar-refractivity contribution in [3.8, 4) is 12.1 Å². The summed E-state index contributed by atoms with van der Waals surface area (Å²) in [7, 11) is 0. The summed E-state index contributed by atoms with van der Waals surface area (Å²) in [5, 5.41) is 33.8. The van der Waals surface area contributed by atoms with Gasteiger partial charge in [-0.15, -0.1) is 5.10 Å². The van der Waals surface area contributed by atoms with Gasteiger partial charge in [0.1, 0.15) is 6.07 Å². The van der Waals surface area contributed by atoms with Gasteiger partial charge < -0.3 is 20.7 Å². The number of imidazole rings is 1. The molecule has 2 fully saturated rings. The molecule has 3 aromatic rings. The van der Waals surface area contributed by atoms with Crippen molar-refractivity contribution < 1.29 is 4.74 Å². The number of aromatic nitrogens is 4. The van der Waals surface area contributed by atoms with E-state index in [1.165, 1.54) is 10.7 Å². The fourth-order valence-corrected chi connectivity index (χ4v) is 4.13. The fourth-order valence-electron chi connectivity index (χ4n) is 3.90. The van der Waals surface area contributed by atoms with E-state index in [4.69, 9.17) is 16.3 Å². The number of nitrogens with zero attached hydrogens (tertiary/aromatic N) is 7. The molecule has 1 saturated carbocycles. The van der Waals surface area contributed by atoms with E-state index in [1.54, 1.807) is 12.1 Å². The maximum absolute atomic E-state index is 9.57. The molecule has 1 aromatic carbocycles. The van der Waals surface area contributed by atoms with Crippen LogP contribution in [0.25, 0.3) is 5.65 Å². The van der Waals surface area contributed by atoms with Gasteiger partial charge in [0.05, 0.1) is 41.8 Å². The third-order valence-corrected chi connectivity index (χ3v) is 6.39. The number of rotatable bonds is 9. The molecule has 0 bridgehead atoms. The van der Waals surface area contributed by atoms with Crippen LogP contribution in [0.3, 0.4) is 0 Å². The summed E-state index contributed by atoms with van der Waals surface area (Å²) in [5.41, 5.74) is 2.57. The highest BCUT2D eigenvalue weighted by atomic mass is 35.5. The highest BCUT2D eigenvalue weighted by molar-refractivity contribution is 6.34. The van der Waals surface area contributed by atoms with Crippen LogP contribution >= 0.6 is 11.6 Å². The van der Waals surface area contributed by atoms with Crippen LogP contribution in [0, 0.1) is 22.7 Å². The number of fused-ring (bicyclic) bond motifs is 1. The lowest BCUT2D eigenvalue weighted by molar-refractivity contribution is 0.0384. The van der Waals surface area contributed by atoms with Crippen molar-refractivity contribution in [2.45, 2.75) is 25.4 Å². The average molecular weight is 493 g/mol. The second kappa shape index (κ2) is 10.4. The first-order chi connectivity index (χ1) is 17.1. The lowest BCUT2D eigenvalue weighted by atomic mass is 10.1. The molecule has 0 spiro atoms. The van der Waals surface area contributed by atoms with E-state index in [0.717, 1.165) is 57.8 Å². The third kappa shape index (κ3) is 5.45. The largest absolute Gasteiger partial charge is 0.379 e. The molecule has 5 rings (SSSR count). The summed E-state index contributed by atoms with van der Waals surface area (Å²) in [6.45, 7) is 5.64. The first-order valence-electron chi connectivity index (χ1n) is 11.6. The zero-order valence-corrected chi connectivity index (χ0v) is 19.8. The van der Waals surface area contributed by atoms with Gasteiger partial charge in [0.25, 0.3) is 0 Å². The van der Waals surface area contributed by atoms with E-state index in [0.29, 0.717) is 46.0 Å². The van der Waals surface area contributed by atoms with E-state index < -0.39 is 0 Å². The maximum atomic E-state index is 9.57. The maximum Gasteiger partial charge on any atom is 0.247 e. The molecule has 1 aliphatic heterocycles. The lowest BCUT2D eigenvalue weighted by Gasteiger charge is -2.26. The lowest BCUT2D eigenvalue weighted by Crippen LogP contribution is -2.40. The summed E-state index contributed by atoms with van der Waals surface area (Å²) in [6, 6.07) is 8.07. The molecule has 0 atom stereocenters. The molecule has 2 aromatic heterocycles. The second-order valence-electron chi connectivity index (χ2n) is 8.56. The quantitative estimate of drug-likeness (QED) is 0.381. The second-order valence-corrected chi connectivity index (χ2v) is 8.94. The van der Waals surface area contributed by atoms with Gasteiger partial charge in [0.2, 0.25) is 5.95 Å². The van der Waals surface area contributed by atoms with Crippen LogP contribution < -0.4 is 16.0 Å². The van der Waals surface area contributed by atoms with E-state index in [-0.39, 0.29) is 5.95 Å². The molecule has 12 heteroatoms. The Bertz CT molecular complexity index is 1300. The number of hydrogen-bond acceptors (Lipinski definition) is 10. The molecule has 11 nitrogen and oxygen atoms in total. The Balaban J connectivity index is 1.35. The van der Waals surface area contributed by atoms with Crippen molar-refractivity contribution in [3.63, 3.8) is 0 Å². The van der Waals surface area contributed by atoms with Crippen molar-refractivity contribution in [2.24, 2.45) is 0 Å². The number of morpholine rings is 1. The monoisotopic (exact) mass is 492 g/mol. The molecule has 35 heavy (non-hydrogen) atoms. The molecule has 0 unspecified atom stereocenters. The normalized spacial score (nSPS) is 16.1. The van der Waals surface area contributed by atoms with Gasteiger partial charge in [-0.3, -0.25) is 4.90 Å². The molecular weight excluding hydrogens is 468 g/mol. The van der Waals surface area contributed by atoms with Gasteiger partial charge in [-0.2, -0.15) is 20.0 Å². The van der Waals surface area contributed by atoms with Crippen LogP contribution in [-0.4, -0.2) is 69.9 Å². The molecule has 2 aliphatic rings. The van der Waals surface area contributed by atoms with Crippen molar-refractivity contribution in [1.29, 1.82) is 10.5 Å². The van der Waals surface area contributed by atoms with Crippen molar-refractivity contribution in [1.82, 2.24) is 29.8 Å². The SMILES string of the molecule is N#Cc1cc(CNCCN2CCOCC2)c(Cl)c(Nc2nc(NC3CC3)c3ncc(C#N)n3n2)c1. The summed E-state index contributed by atoms with van der Waals surface area (Å²) >= 11 is 6.72. The van der Waals surface area contributed by atoms with Gasteiger partial charge in [0.15, 0.2) is 17.2 Å².